The Bertz CT molecular complexity index is 354. The summed E-state index contributed by atoms with van der Waals surface area (Å²) in [5.41, 5.74) is 1.28. The third-order valence-corrected chi connectivity index (χ3v) is 3.70. The van der Waals surface area contributed by atoms with Crippen molar-refractivity contribution in [1.82, 2.24) is 5.32 Å². The summed E-state index contributed by atoms with van der Waals surface area (Å²) in [6.07, 6.45) is 5.35. The molecule has 2 heteroatoms. The van der Waals surface area contributed by atoms with Crippen molar-refractivity contribution in [3.63, 3.8) is 0 Å². The second-order valence-corrected chi connectivity index (χ2v) is 5.70. The van der Waals surface area contributed by atoms with Crippen LogP contribution in [0, 0.1) is 0 Å². The fourth-order valence-electron chi connectivity index (χ4n) is 2.54. The van der Waals surface area contributed by atoms with Crippen molar-refractivity contribution >= 4 is 11.6 Å². The first-order valence-corrected chi connectivity index (χ1v) is 6.49. The van der Waals surface area contributed by atoms with Crippen LogP contribution in [0.15, 0.2) is 24.3 Å². The maximum absolute atomic E-state index is 6.04. The Balaban J connectivity index is 2.10. The smallest absolute Gasteiger partial charge is 0.0409 e. The topological polar surface area (TPSA) is 12.0 Å². The molecule has 0 radical (unpaired) electrons. The van der Waals surface area contributed by atoms with Crippen molar-refractivity contribution < 1.29 is 0 Å². The predicted octanol–water partition coefficient (Wildman–Crippen LogP) is 4.11. The van der Waals surface area contributed by atoms with Gasteiger partial charge in [0.25, 0.3) is 0 Å². The number of hydrogen-bond donors (Lipinski definition) is 1. The molecule has 1 aliphatic carbocycles. The van der Waals surface area contributed by atoms with E-state index in [1.54, 1.807) is 0 Å². The van der Waals surface area contributed by atoms with Gasteiger partial charge in [-0.3, -0.25) is 0 Å². The standard InChI is InChI=1S/C14H20ClN/c1-14(2,16-13-8-3-4-9-13)11-6-5-7-12(15)10-11/h5-7,10,13,16H,3-4,8-9H2,1-2H3. The van der Waals surface area contributed by atoms with Gasteiger partial charge in [0.15, 0.2) is 0 Å². The van der Waals surface area contributed by atoms with Crippen LogP contribution in [-0.2, 0) is 5.54 Å². The maximum atomic E-state index is 6.04. The Morgan fingerprint density at radius 1 is 1.25 bits per heavy atom. The molecule has 1 fully saturated rings. The van der Waals surface area contributed by atoms with Crippen LogP contribution in [0.2, 0.25) is 5.02 Å². The summed E-state index contributed by atoms with van der Waals surface area (Å²) >= 11 is 6.04. The molecule has 88 valence electrons. The van der Waals surface area contributed by atoms with E-state index in [2.05, 4.69) is 31.3 Å². The Kier molecular flexibility index (Phi) is 3.56. The highest BCUT2D eigenvalue weighted by Crippen LogP contribution is 2.27. The molecule has 1 aromatic rings. The normalized spacial score (nSPS) is 17.9. The molecule has 1 aromatic carbocycles. The lowest BCUT2D eigenvalue weighted by atomic mass is 9.93. The quantitative estimate of drug-likeness (QED) is 0.835. The van der Waals surface area contributed by atoms with Crippen LogP contribution in [0.3, 0.4) is 0 Å². The molecule has 1 saturated carbocycles. The van der Waals surface area contributed by atoms with Crippen molar-refractivity contribution in [1.29, 1.82) is 0 Å². The minimum Gasteiger partial charge on any atom is -0.305 e. The zero-order valence-corrected chi connectivity index (χ0v) is 10.8. The van der Waals surface area contributed by atoms with Crippen LogP contribution in [-0.4, -0.2) is 6.04 Å². The van der Waals surface area contributed by atoms with E-state index in [4.69, 9.17) is 11.6 Å². The molecule has 1 N–H and O–H groups in total. The summed E-state index contributed by atoms with van der Waals surface area (Å²) in [6, 6.07) is 8.83. The van der Waals surface area contributed by atoms with Gasteiger partial charge in [-0.25, -0.2) is 0 Å². The summed E-state index contributed by atoms with van der Waals surface area (Å²) in [4.78, 5) is 0. The number of halogens is 1. The summed E-state index contributed by atoms with van der Waals surface area (Å²) in [7, 11) is 0. The molecule has 16 heavy (non-hydrogen) atoms. The van der Waals surface area contributed by atoms with Crippen LogP contribution in [0.5, 0.6) is 0 Å². The van der Waals surface area contributed by atoms with E-state index in [9.17, 15) is 0 Å². The van der Waals surface area contributed by atoms with Gasteiger partial charge in [-0.1, -0.05) is 36.6 Å². The Morgan fingerprint density at radius 3 is 2.56 bits per heavy atom. The maximum Gasteiger partial charge on any atom is 0.0409 e. The van der Waals surface area contributed by atoms with Crippen LogP contribution < -0.4 is 5.32 Å². The average Bonchev–Trinajstić information content (AvgIpc) is 2.70. The van der Waals surface area contributed by atoms with E-state index in [0.717, 1.165) is 5.02 Å². The monoisotopic (exact) mass is 237 g/mol. The minimum absolute atomic E-state index is 0.0138. The largest absolute Gasteiger partial charge is 0.305 e. The Morgan fingerprint density at radius 2 is 1.94 bits per heavy atom. The molecule has 0 unspecified atom stereocenters. The molecule has 0 aliphatic heterocycles. The lowest BCUT2D eigenvalue weighted by Crippen LogP contribution is -2.42. The Labute approximate surface area is 103 Å². The first-order chi connectivity index (χ1) is 7.58. The van der Waals surface area contributed by atoms with E-state index >= 15 is 0 Å². The van der Waals surface area contributed by atoms with Crippen molar-refractivity contribution in [2.45, 2.75) is 51.1 Å². The van der Waals surface area contributed by atoms with Crippen LogP contribution in [0.25, 0.3) is 0 Å². The third kappa shape index (κ3) is 2.78. The highest BCUT2D eigenvalue weighted by atomic mass is 35.5. The highest BCUT2D eigenvalue weighted by Gasteiger charge is 2.25. The Hall–Kier alpha value is -0.530. The number of nitrogens with one attached hydrogen (secondary N) is 1. The molecule has 0 bridgehead atoms. The molecule has 1 aliphatic rings. The predicted molar refractivity (Wildman–Crippen MR) is 69.9 cm³/mol. The van der Waals surface area contributed by atoms with Crippen molar-refractivity contribution in [3.05, 3.63) is 34.9 Å². The van der Waals surface area contributed by atoms with Crippen molar-refractivity contribution in [2.24, 2.45) is 0 Å². The first kappa shape index (κ1) is 11.9. The molecule has 1 nitrogen and oxygen atoms in total. The van der Waals surface area contributed by atoms with Gasteiger partial charge in [0.2, 0.25) is 0 Å². The SMILES string of the molecule is CC(C)(NC1CCCC1)c1cccc(Cl)c1. The van der Waals surface area contributed by atoms with Gasteiger partial charge in [-0.15, -0.1) is 0 Å². The third-order valence-electron chi connectivity index (χ3n) is 3.47. The zero-order chi connectivity index (χ0) is 11.6. The zero-order valence-electron chi connectivity index (χ0n) is 10.1. The average molecular weight is 238 g/mol. The van der Waals surface area contributed by atoms with Gasteiger partial charge in [0.05, 0.1) is 0 Å². The highest BCUT2D eigenvalue weighted by molar-refractivity contribution is 6.30. The van der Waals surface area contributed by atoms with E-state index in [1.807, 2.05) is 12.1 Å². The fraction of sp³-hybridized carbons (Fsp3) is 0.571. The summed E-state index contributed by atoms with van der Waals surface area (Å²) in [5, 5.41) is 4.56. The van der Waals surface area contributed by atoms with Gasteiger partial charge in [-0.2, -0.15) is 0 Å². The van der Waals surface area contributed by atoms with Crippen LogP contribution >= 0.6 is 11.6 Å². The van der Waals surface area contributed by atoms with Gasteiger partial charge in [-0.05, 0) is 44.4 Å². The molecule has 0 spiro atoms. The molecule has 0 atom stereocenters. The van der Waals surface area contributed by atoms with Crippen molar-refractivity contribution in [3.8, 4) is 0 Å². The van der Waals surface area contributed by atoms with E-state index in [0.29, 0.717) is 6.04 Å². The molecule has 0 amide bonds. The minimum atomic E-state index is 0.0138. The first-order valence-electron chi connectivity index (χ1n) is 6.12. The number of benzene rings is 1. The molecule has 0 aromatic heterocycles. The lowest BCUT2D eigenvalue weighted by molar-refractivity contribution is 0.342. The second-order valence-electron chi connectivity index (χ2n) is 5.26. The van der Waals surface area contributed by atoms with Gasteiger partial charge in [0.1, 0.15) is 0 Å². The van der Waals surface area contributed by atoms with Gasteiger partial charge in [0, 0.05) is 16.6 Å². The molecule has 0 saturated heterocycles. The van der Waals surface area contributed by atoms with Crippen LogP contribution in [0.4, 0.5) is 0 Å². The van der Waals surface area contributed by atoms with Crippen molar-refractivity contribution in [2.75, 3.05) is 0 Å². The fourth-order valence-corrected chi connectivity index (χ4v) is 2.73. The molecular weight excluding hydrogens is 218 g/mol. The summed E-state index contributed by atoms with van der Waals surface area (Å²) in [6.45, 7) is 4.47. The number of rotatable bonds is 3. The van der Waals surface area contributed by atoms with E-state index < -0.39 is 0 Å². The summed E-state index contributed by atoms with van der Waals surface area (Å²) in [5.74, 6) is 0. The van der Waals surface area contributed by atoms with E-state index in [-0.39, 0.29) is 5.54 Å². The van der Waals surface area contributed by atoms with Gasteiger partial charge < -0.3 is 5.32 Å². The second kappa shape index (κ2) is 4.77. The van der Waals surface area contributed by atoms with Crippen LogP contribution in [0.1, 0.15) is 45.1 Å². The molecular formula is C14H20ClN. The molecule has 2 rings (SSSR count). The lowest BCUT2D eigenvalue weighted by Gasteiger charge is -2.31. The number of hydrogen-bond acceptors (Lipinski definition) is 1. The van der Waals surface area contributed by atoms with Gasteiger partial charge >= 0.3 is 0 Å². The molecule has 0 heterocycles. The van der Waals surface area contributed by atoms with E-state index in [1.165, 1.54) is 31.2 Å². The summed E-state index contributed by atoms with van der Waals surface area (Å²) < 4.78 is 0.